The molecular weight excluding hydrogens is 538 g/mol. The van der Waals surface area contributed by atoms with Crippen molar-refractivity contribution >= 4 is 15.8 Å². The van der Waals surface area contributed by atoms with Crippen LogP contribution in [-0.2, 0) is 15.4 Å². The lowest BCUT2D eigenvalue weighted by molar-refractivity contribution is 0.192. The summed E-state index contributed by atoms with van der Waals surface area (Å²) in [5.74, 6) is -1.69. The normalized spacial score (nSPS) is 13.7. The third-order valence-corrected chi connectivity index (χ3v) is 6.91. The van der Waals surface area contributed by atoms with Crippen LogP contribution in [0.4, 0.5) is 5.82 Å². The number of hydrogen-bond donors (Lipinski definition) is 3. The van der Waals surface area contributed by atoms with Crippen molar-refractivity contribution in [2.24, 2.45) is 0 Å². The van der Waals surface area contributed by atoms with Gasteiger partial charge in [0, 0.05) is 17.8 Å². The molecule has 0 saturated heterocycles. The topological polar surface area (TPSA) is 166 Å². The second kappa shape index (κ2) is 12.2. The molecule has 12 nitrogen and oxygen atoms in total. The average Bonchev–Trinajstić information content (AvgIpc) is 3.04. The zero-order valence-electron chi connectivity index (χ0n) is 26.8. The lowest BCUT2D eigenvalue weighted by Gasteiger charge is -2.22. The number of benzene rings is 2. The summed E-state index contributed by atoms with van der Waals surface area (Å²) in [5, 5.41) is 8.61. The van der Waals surface area contributed by atoms with E-state index >= 15 is 0 Å². The van der Waals surface area contributed by atoms with Crippen LogP contribution in [0.5, 0.6) is 23.1 Å². The highest BCUT2D eigenvalue weighted by molar-refractivity contribution is 7.92. The van der Waals surface area contributed by atoms with Gasteiger partial charge in [-0.25, -0.2) is 23.4 Å². The highest BCUT2D eigenvalue weighted by atomic mass is 32.2. The molecule has 0 bridgehead atoms. The van der Waals surface area contributed by atoms with Gasteiger partial charge in [0.25, 0.3) is 15.9 Å². The monoisotopic (exact) mass is 572 g/mol. The summed E-state index contributed by atoms with van der Waals surface area (Å²) in [5.41, 5.74) is 0.0926. The maximum atomic E-state index is 13.8. The number of aliphatic hydroxyl groups excluding tert-OH is 1. The van der Waals surface area contributed by atoms with E-state index in [2.05, 4.69) is 30.2 Å². The molecule has 0 radical (unpaired) electrons. The van der Waals surface area contributed by atoms with Gasteiger partial charge in [-0.15, -0.1) is 0 Å². The van der Waals surface area contributed by atoms with E-state index in [0.29, 0.717) is 5.56 Å². The van der Waals surface area contributed by atoms with Crippen molar-refractivity contribution in [3.8, 4) is 34.8 Å². The van der Waals surface area contributed by atoms with Crippen LogP contribution in [0.1, 0.15) is 22.2 Å². The number of aromatic nitrogens is 4. The van der Waals surface area contributed by atoms with Crippen molar-refractivity contribution in [2.75, 3.05) is 31.6 Å². The number of ether oxygens (including phenoxy) is 3. The zero-order chi connectivity index (χ0) is 32.8. The molecule has 0 saturated carbocycles. The van der Waals surface area contributed by atoms with Gasteiger partial charge < -0.3 is 24.4 Å². The quantitative estimate of drug-likeness (QED) is 0.203. The van der Waals surface area contributed by atoms with Crippen LogP contribution in [0.3, 0.4) is 0 Å². The highest BCUT2D eigenvalue weighted by Gasteiger charge is 2.27. The highest BCUT2D eigenvalue weighted by Crippen LogP contribution is 2.41. The van der Waals surface area contributed by atoms with E-state index < -0.39 is 46.1 Å². The Balaban J connectivity index is 1.90. The number of para-hydroxylation sites is 2. The van der Waals surface area contributed by atoms with Gasteiger partial charge >= 0.3 is 0 Å². The van der Waals surface area contributed by atoms with Crippen molar-refractivity contribution in [3.63, 3.8) is 0 Å². The Kier molecular flexibility index (Phi) is 6.88. The minimum Gasteiger partial charge on any atom is -0.493 e. The molecule has 0 unspecified atom stereocenters. The van der Waals surface area contributed by atoms with Gasteiger partial charge in [-0.3, -0.25) is 4.72 Å². The van der Waals surface area contributed by atoms with Crippen LogP contribution in [0, 0.1) is 0 Å². The molecule has 0 atom stereocenters. The van der Waals surface area contributed by atoms with Gasteiger partial charge in [0.1, 0.15) is 6.61 Å². The summed E-state index contributed by atoms with van der Waals surface area (Å²) in [6.45, 7) is 0.225. The van der Waals surface area contributed by atoms with Crippen molar-refractivity contribution in [1.82, 2.24) is 19.9 Å². The first-order chi connectivity index (χ1) is 21.3. The molecule has 0 aliphatic rings. The van der Waals surface area contributed by atoms with Crippen molar-refractivity contribution in [2.45, 2.75) is 24.2 Å². The lowest BCUT2D eigenvalue weighted by Crippen LogP contribution is -2.22. The van der Waals surface area contributed by atoms with Crippen LogP contribution in [-0.4, -0.2) is 68.3 Å². The first-order valence-electron chi connectivity index (χ1n) is 14.1. The fourth-order valence-corrected chi connectivity index (χ4v) is 4.36. The Bertz CT molecular complexity index is 1720. The summed E-state index contributed by atoms with van der Waals surface area (Å²) < 4.78 is 83.2. The number of methoxy groups -OCH3 is 1. The smallest absolute Gasteiger partial charge is 0.263 e. The molecule has 210 valence electrons. The average molecular weight is 573 g/mol. The number of nitrogens with zero attached hydrogens (tertiary/aromatic N) is 4. The second-order valence-corrected chi connectivity index (χ2v) is 10.5. The Morgan fingerprint density at radius 1 is 1.00 bits per heavy atom. The van der Waals surface area contributed by atoms with E-state index in [4.69, 9.17) is 21.2 Å². The third kappa shape index (κ3) is 6.45. The minimum atomic E-state index is -4.66. The van der Waals surface area contributed by atoms with Crippen LogP contribution in [0.2, 0.25) is 1.41 Å². The largest absolute Gasteiger partial charge is 0.493 e. The maximum Gasteiger partial charge on any atom is 0.263 e. The molecule has 2 aromatic carbocycles. The van der Waals surface area contributed by atoms with Crippen LogP contribution in [0.15, 0.2) is 71.9 Å². The van der Waals surface area contributed by atoms with Gasteiger partial charge in [-0.2, -0.15) is 4.98 Å². The fourth-order valence-electron chi connectivity index (χ4n) is 3.42. The Morgan fingerprint density at radius 3 is 2.40 bits per heavy atom. The first-order valence-corrected chi connectivity index (χ1v) is 13.3. The molecule has 2 aromatic heterocycles. The summed E-state index contributed by atoms with van der Waals surface area (Å²) in [7, 11) is -3.27. The van der Waals surface area contributed by atoms with Gasteiger partial charge in [-0.1, -0.05) is 38.1 Å². The molecule has 0 amide bonds. The molecule has 40 heavy (non-hydrogen) atoms. The van der Waals surface area contributed by atoms with E-state index in [9.17, 15) is 8.42 Å². The summed E-state index contributed by atoms with van der Waals surface area (Å²) in [6, 6.07) is 13.6. The van der Waals surface area contributed by atoms with Crippen LogP contribution >= 0.6 is 0 Å². The van der Waals surface area contributed by atoms with Gasteiger partial charge in [0.2, 0.25) is 14.4 Å². The third-order valence-electron chi connectivity index (χ3n) is 5.63. The van der Waals surface area contributed by atoms with E-state index in [1.165, 1.54) is 43.8 Å². The summed E-state index contributed by atoms with van der Waals surface area (Å²) >= 11 is 0. The van der Waals surface area contributed by atoms with E-state index in [-0.39, 0.29) is 39.4 Å². The molecule has 0 aliphatic carbocycles. The van der Waals surface area contributed by atoms with Crippen molar-refractivity contribution < 1.29 is 37.0 Å². The lowest BCUT2D eigenvalue weighted by atomic mass is 9.86. The molecule has 4 rings (SSSR count). The fraction of sp³-hybridized carbons (Fsp3) is 0.259. The molecule has 3 N–H and O–H groups in total. The predicted octanol–water partition coefficient (Wildman–Crippen LogP) is 3.18. The zero-order valence-corrected chi connectivity index (χ0v) is 22.6. The number of sulfonamides is 1. The Morgan fingerprint density at radius 2 is 1.73 bits per heavy atom. The SMILES string of the molecule is [2H]OCC(C)(C)c1ccc(S(=O)(=O)N([2H])c2nc(-c3ncccn3)nc(OCC([2H])([2H])O[2H])c2Oc2ccccc2OC)cc1. The predicted molar refractivity (Wildman–Crippen MR) is 146 cm³/mol. The first kappa shape index (κ1) is 22.5. The number of hydrogen-bond acceptors (Lipinski definition) is 11. The minimum absolute atomic E-state index is 0.0601. The standard InChI is InChI=1S/C27H29N5O7S/c1-27(2,17-34)18-9-11-19(12-10-18)40(35,36)32-23-22(39-21-8-5-4-7-20(21)37-3)26(38-16-15-33)31-25(30-23)24-28-13-6-14-29-24/h4-14,33-34H,15-17H2,1-3H3,(H,30,31,32)/i15D2,33D,34D/hD. The van der Waals surface area contributed by atoms with Crippen molar-refractivity contribution in [3.05, 3.63) is 72.6 Å². The molecule has 0 spiro atoms. The molecule has 2 heterocycles. The number of aliphatic hydroxyl groups is 2. The molecule has 0 aliphatic heterocycles. The van der Waals surface area contributed by atoms with E-state index in [1.807, 2.05) is 13.8 Å². The summed E-state index contributed by atoms with van der Waals surface area (Å²) in [4.78, 5) is 16.4. The molecular formula is C27H29N5O7S. The summed E-state index contributed by atoms with van der Waals surface area (Å²) in [6.07, 6.45) is 2.78. The number of anilines is 1. The van der Waals surface area contributed by atoms with Crippen molar-refractivity contribution in [1.29, 1.82) is 2.86 Å². The molecule has 0 fully saturated rings. The molecule has 13 heteroatoms. The number of rotatable bonds is 14. The van der Waals surface area contributed by atoms with E-state index in [1.54, 1.807) is 30.3 Å². The van der Waals surface area contributed by atoms with Crippen LogP contribution < -0.4 is 18.9 Å². The van der Waals surface area contributed by atoms with Crippen LogP contribution in [0.25, 0.3) is 11.6 Å². The Labute approximate surface area is 239 Å². The number of nitrogens with one attached hydrogen (secondary N) is 1. The molecule has 4 aromatic rings. The van der Waals surface area contributed by atoms with Gasteiger partial charge in [0.05, 0.1) is 27.9 Å². The maximum absolute atomic E-state index is 13.8. The Hall–Kier alpha value is -4.33. The second-order valence-electron chi connectivity index (χ2n) is 8.88. The van der Waals surface area contributed by atoms with E-state index in [0.717, 1.165) is 0 Å². The van der Waals surface area contributed by atoms with Gasteiger partial charge in [0.15, 0.2) is 24.6 Å². The van der Waals surface area contributed by atoms with Gasteiger partial charge in [-0.05, 0) is 35.9 Å².